The highest BCUT2D eigenvalue weighted by molar-refractivity contribution is 6.31. The second-order valence-electron chi connectivity index (χ2n) is 5.86. The summed E-state index contributed by atoms with van der Waals surface area (Å²) in [5.41, 5.74) is 3.94. The standard InChI is InChI=1S/C17H15ClF3N5O4/c1-26(13(28)8-30-16(29)14-15(22)24-5-4-23-14)7-12(27)25-9-2-3-11(18)10(6-9)17(19,20)21/h2-6H,7-8H2,1H3,(H2,22,24)(H,25,27). The van der Waals surface area contributed by atoms with Crippen molar-refractivity contribution in [1.82, 2.24) is 14.9 Å². The molecule has 3 N–H and O–H groups in total. The Kier molecular flexibility index (Phi) is 7.16. The van der Waals surface area contributed by atoms with E-state index in [0.29, 0.717) is 6.07 Å². The van der Waals surface area contributed by atoms with E-state index in [1.807, 2.05) is 0 Å². The number of nitrogens with zero attached hydrogens (tertiary/aromatic N) is 3. The van der Waals surface area contributed by atoms with Gasteiger partial charge in [0, 0.05) is 25.1 Å². The molecule has 0 aliphatic rings. The van der Waals surface area contributed by atoms with Crippen LogP contribution in [0.2, 0.25) is 5.02 Å². The monoisotopic (exact) mass is 445 g/mol. The van der Waals surface area contributed by atoms with Gasteiger partial charge in [0.05, 0.1) is 17.1 Å². The van der Waals surface area contributed by atoms with Crippen LogP contribution in [0.1, 0.15) is 16.1 Å². The summed E-state index contributed by atoms with van der Waals surface area (Å²) in [6.45, 7) is -1.22. The number of amides is 2. The number of hydrogen-bond donors (Lipinski definition) is 2. The average molecular weight is 446 g/mol. The Bertz CT molecular complexity index is 971. The maximum absolute atomic E-state index is 12.9. The molecule has 1 heterocycles. The molecule has 0 unspecified atom stereocenters. The number of likely N-dealkylation sites (N-methyl/N-ethyl adjacent to an activating group) is 1. The maximum atomic E-state index is 12.9. The number of benzene rings is 1. The minimum absolute atomic E-state index is 0.151. The predicted octanol–water partition coefficient (Wildman–Crippen LogP) is 1.98. The van der Waals surface area contributed by atoms with Crippen LogP contribution in [-0.4, -0.2) is 52.9 Å². The first-order chi connectivity index (χ1) is 14.0. The Morgan fingerprint density at radius 1 is 1.23 bits per heavy atom. The number of hydrogen-bond acceptors (Lipinski definition) is 7. The zero-order chi connectivity index (χ0) is 22.5. The molecule has 1 aromatic carbocycles. The van der Waals surface area contributed by atoms with Gasteiger partial charge in [0.1, 0.15) is 0 Å². The molecule has 30 heavy (non-hydrogen) atoms. The summed E-state index contributed by atoms with van der Waals surface area (Å²) in [7, 11) is 1.25. The van der Waals surface area contributed by atoms with E-state index in [4.69, 9.17) is 22.1 Å². The van der Waals surface area contributed by atoms with Gasteiger partial charge in [0.25, 0.3) is 5.91 Å². The number of anilines is 2. The number of ether oxygens (including phenoxy) is 1. The third kappa shape index (κ3) is 6.04. The molecule has 0 saturated carbocycles. The van der Waals surface area contributed by atoms with Crippen LogP contribution in [0.4, 0.5) is 24.7 Å². The highest BCUT2D eigenvalue weighted by Gasteiger charge is 2.33. The highest BCUT2D eigenvalue weighted by atomic mass is 35.5. The fourth-order valence-electron chi connectivity index (χ4n) is 2.14. The second-order valence-corrected chi connectivity index (χ2v) is 6.26. The first-order valence-electron chi connectivity index (χ1n) is 8.13. The summed E-state index contributed by atoms with van der Waals surface area (Å²) >= 11 is 5.51. The Morgan fingerprint density at radius 3 is 2.53 bits per heavy atom. The van der Waals surface area contributed by atoms with E-state index in [1.165, 1.54) is 25.5 Å². The summed E-state index contributed by atoms with van der Waals surface area (Å²) in [6, 6.07) is 2.85. The van der Waals surface area contributed by atoms with Crippen molar-refractivity contribution in [3.05, 3.63) is 46.9 Å². The fourth-order valence-corrected chi connectivity index (χ4v) is 2.36. The number of nitrogens with one attached hydrogen (secondary N) is 1. The number of aromatic nitrogens is 2. The van der Waals surface area contributed by atoms with Gasteiger partial charge in [-0.15, -0.1) is 0 Å². The van der Waals surface area contributed by atoms with Gasteiger partial charge < -0.3 is 20.7 Å². The number of esters is 1. The normalized spacial score (nSPS) is 11.0. The van der Waals surface area contributed by atoms with E-state index in [-0.39, 0.29) is 17.2 Å². The smallest absolute Gasteiger partial charge is 0.417 e. The second kappa shape index (κ2) is 9.39. The van der Waals surface area contributed by atoms with Crippen molar-refractivity contribution in [1.29, 1.82) is 0 Å². The molecular formula is C17H15ClF3N5O4. The van der Waals surface area contributed by atoms with Crippen LogP contribution >= 0.6 is 11.6 Å². The SMILES string of the molecule is CN(CC(=O)Nc1ccc(Cl)c(C(F)(F)F)c1)C(=O)COC(=O)c1nccnc1N. The van der Waals surface area contributed by atoms with Crippen molar-refractivity contribution in [2.24, 2.45) is 0 Å². The van der Waals surface area contributed by atoms with Crippen molar-refractivity contribution >= 4 is 40.9 Å². The van der Waals surface area contributed by atoms with Gasteiger partial charge in [-0.05, 0) is 18.2 Å². The van der Waals surface area contributed by atoms with E-state index in [9.17, 15) is 27.6 Å². The van der Waals surface area contributed by atoms with E-state index >= 15 is 0 Å². The number of rotatable bonds is 6. The first kappa shape index (κ1) is 22.9. The summed E-state index contributed by atoms with van der Waals surface area (Å²) in [5, 5.41) is 1.72. The van der Waals surface area contributed by atoms with Gasteiger partial charge in [-0.1, -0.05) is 11.6 Å². The molecule has 2 rings (SSSR count). The number of nitrogen functional groups attached to an aromatic ring is 1. The van der Waals surface area contributed by atoms with Crippen LogP contribution in [0.15, 0.2) is 30.6 Å². The lowest BCUT2D eigenvalue weighted by Crippen LogP contribution is -2.37. The van der Waals surface area contributed by atoms with Crippen molar-refractivity contribution in [2.75, 3.05) is 31.2 Å². The quantitative estimate of drug-likeness (QED) is 0.651. The molecule has 0 bridgehead atoms. The molecule has 0 saturated heterocycles. The van der Waals surface area contributed by atoms with Gasteiger partial charge in [0.15, 0.2) is 18.1 Å². The molecule has 9 nitrogen and oxygen atoms in total. The summed E-state index contributed by atoms with van der Waals surface area (Å²) in [6.07, 6.45) is -2.21. The third-order valence-electron chi connectivity index (χ3n) is 3.61. The molecule has 1 aromatic heterocycles. The number of carbonyl (C=O) groups excluding carboxylic acids is 3. The van der Waals surface area contributed by atoms with Crippen LogP contribution in [0, 0.1) is 0 Å². The number of carbonyl (C=O) groups is 3. The number of alkyl halides is 3. The lowest BCUT2D eigenvalue weighted by atomic mass is 10.2. The summed E-state index contributed by atoms with van der Waals surface area (Å²) in [4.78, 5) is 44.1. The van der Waals surface area contributed by atoms with E-state index in [2.05, 4.69) is 15.3 Å². The predicted molar refractivity (Wildman–Crippen MR) is 99.4 cm³/mol. The lowest BCUT2D eigenvalue weighted by molar-refractivity contribution is -0.137. The van der Waals surface area contributed by atoms with Crippen molar-refractivity contribution in [3.8, 4) is 0 Å². The molecule has 0 spiro atoms. The highest BCUT2D eigenvalue weighted by Crippen LogP contribution is 2.36. The van der Waals surface area contributed by atoms with Crippen LogP contribution in [0.3, 0.4) is 0 Å². The van der Waals surface area contributed by atoms with Crippen molar-refractivity contribution < 1.29 is 32.3 Å². The molecule has 0 aliphatic heterocycles. The van der Waals surface area contributed by atoms with E-state index < -0.39 is 47.7 Å². The molecule has 13 heteroatoms. The molecule has 0 aliphatic carbocycles. The third-order valence-corrected chi connectivity index (χ3v) is 3.94. The molecule has 0 atom stereocenters. The van der Waals surface area contributed by atoms with Crippen molar-refractivity contribution in [3.63, 3.8) is 0 Å². The summed E-state index contributed by atoms with van der Waals surface area (Å²) in [5.74, 6) is -2.67. The van der Waals surface area contributed by atoms with Gasteiger partial charge in [-0.2, -0.15) is 13.2 Å². The van der Waals surface area contributed by atoms with E-state index in [0.717, 1.165) is 11.0 Å². The van der Waals surface area contributed by atoms with E-state index in [1.54, 1.807) is 0 Å². The molecule has 2 aromatic rings. The number of nitrogens with two attached hydrogens (primary N) is 1. The molecule has 0 radical (unpaired) electrons. The van der Waals surface area contributed by atoms with Crippen LogP contribution < -0.4 is 11.1 Å². The zero-order valence-corrected chi connectivity index (χ0v) is 16.1. The zero-order valence-electron chi connectivity index (χ0n) is 15.4. The fraction of sp³-hybridized carbons (Fsp3) is 0.235. The topological polar surface area (TPSA) is 128 Å². The number of halogens is 4. The summed E-state index contributed by atoms with van der Waals surface area (Å²) < 4.78 is 43.4. The molecule has 0 fully saturated rings. The Morgan fingerprint density at radius 2 is 1.90 bits per heavy atom. The largest absolute Gasteiger partial charge is 0.451 e. The van der Waals surface area contributed by atoms with Crippen LogP contribution in [0.5, 0.6) is 0 Å². The molecule has 160 valence electrons. The van der Waals surface area contributed by atoms with Crippen molar-refractivity contribution in [2.45, 2.75) is 6.18 Å². The molecule has 2 amide bonds. The van der Waals surface area contributed by atoms with Crippen LogP contribution in [0.25, 0.3) is 0 Å². The average Bonchev–Trinajstić information content (AvgIpc) is 2.66. The van der Waals surface area contributed by atoms with Gasteiger partial charge >= 0.3 is 12.1 Å². The Balaban J connectivity index is 1.90. The maximum Gasteiger partial charge on any atom is 0.417 e. The Labute approximate surface area is 173 Å². The van der Waals surface area contributed by atoms with Crippen LogP contribution in [-0.2, 0) is 20.5 Å². The molecular weight excluding hydrogens is 431 g/mol. The van der Waals surface area contributed by atoms with Gasteiger partial charge in [-0.25, -0.2) is 14.8 Å². The first-order valence-corrected chi connectivity index (χ1v) is 8.51. The lowest BCUT2D eigenvalue weighted by Gasteiger charge is -2.17. The minimum Gasteiger partial charge on any atom is -0.451 e. The Hall–Kier alpha value is -3.41. The van der Waals surface area contributed by atoms with Gasteiger partial charge in [0.2, 0.25) is 5.91 Å². The van der Waals surface area contributed by atoms with Gasteiger partial charge in [-0.3, -0.25) is 9.59 Å². The minimum atomic E-state index is -4.69.